The third-order valence-electron chi connectivity index (χ3n) is 5.33. The third-order valence-corrected chi connectivity index (χ3v) is 5.33. The molecule has 0 amide bonds. The van der Waals surface area contributed by atoms with Crippen LogP contribution in [0.25, 0.3) is 0 Å². The molecule has 0 radical (unpaired) electrons. The van der Waals surface area contributed by atoms with E-state index in [0.717, 1.165) is 23.6 Å². The zero-order chi connectivity index (χ0) is 12.8. The third kappa shape index (κ3) is 1.97. The molecule has 2 atom stereocenters. The van der Waals surface area contributed by atoms with Crippen molar-refractivity contribution in [2.45, 2.75) is 44.1 Å². The van der Waals surface area contributed by atoms with Gasteiger partial charge in [-0.25, -0.2) is 0 Å². The Balaban J connectivity index is 1.62. The number of nitrogens with zero attached hydrogens (tertiary/aromatic N) is 1. The van der Waals surface area contributed by atoms with Gasteiger partial charge in [0.1, 0.15) is 5.75 Å². The van der Waals surface area contributed by atoms with Crippen molar-refractivity contribution in [3.63, 3.8) is 0 Å². The molecule has 1 aliphatic heterocycles. The quantitative estimate of drug-likeness (QED) is 0.824. The zero-order valence-electron chi connectivity index (χ0n) is 11.8. The summed E-state index contributed by atoms with van der Waals surface area (Å²) >= 11 is 0. The molecule has 0 aromatic heterocycles. The van der Waals surface area contributed by atoms with E-state index in [9.17, 15) is 0 Å². The van der Waals surface area contributed by atoms with Crippen molar-refractivity contribution in [2.75, 3.05) is 20.2 Å². The van der Waals surface area contributed by atoms with Crippen molar-refractivity contribution in [3.8, 4) is 5.75 Å². The normalized spacial score (nSPS) is 29.9. The second kappa shape index (κ2) is 4.52. The number of likely N-dealkylation sites (tertiary alicyclic amines) is 1. The lowest BCUT2D eigenvalue weighted by atomic mass is 9.79. The average molecular weight is 257 g/mol. The lowest BCUT2D eigenvalue weighted by Gasteiger charge is -2.34. The lowest BCUT2D eigenvalue weighted by molar-refractivity contribution is 0.217. The highest BCUT2D eigenvalue weighted by atomic mass is 16.5. The zero-order valence-corrected chi connectivity index (χ0v) is 11.8. The molecule has 1 saturated heterocycles. The van der Waals surface area contributed by atoms with Crippen LogP contribution in [-0.2, 0) is 6.42 Å². The van der Waals surface area contributed by atoms with E-state index in [2.05, 4.69) is 23.1 Å². The Hall–Kier alpha value is -1.02. The highest BCUT2D eigenvalue weighted by Crippen LogP contribution is 2.45. The Bertz CT molecular complexity index is 480. The Morgan fingerprint density at radius 3 is 2.89 bits per heavy atom. The molecule has 102 valence electrons. The van der Waals surface area contributed by atoms with Gasteiger partial charge in [0.05, 0.1) is 7.11 Å². The minimum Gasteiger partial charge on any atom is -0.496 e. The largest absolute Gasteiger partial charge is 0.496 e. The highest BCUT2D eigenvalue weighted by molar-refractivity contribution is 5.45. The number of benzene rings is 1. The monoisotopic (exact) mass is 257 g/mol. The van der Waals surface area contributed by atoms with E-state index in [1.807, 2.05) is 0 Å². The molecule has 4 rings (SSSR count). The maximum atomic E-state index is 5.55. The lowest BCUT2D eigenvalue weighted by Crippen LogP contribution is -2.36. The first-order valence-electron chi connectivity index (χ1n) is 7.76. The van der Waals surface area contributed by atoms with Crippen LogP contribution in [0.1, 0.15) is 42.7 Å². The molecule has 2 nitrogen and oxygen atoms in total. The summed E-state index contributed by atoms with van der Waals surface area (Å²) in [4.78, 5) is 2.78. The SMILES string of the molecule is COc1cccc2c1CC[C@@H]1[C@H]2CCN1CC1CC1. The van der Waals surface area contributed by atoms with Gasteiger partial charge in [-0.1, -0.05) is 12.1 Å². The van der Waals surface area contributed by atoms with E-state index in [4.69, 9.17) is 4.74 Å². The van der Waals surface area contributed by atoms with E-state index >= 15 is 0 Å². The van der Waals surface area contributed by atoms with Crippen molar-refractivity contribution in [3.05, 3.63) is 29.3 Å². The fourth-order valence-corrected chi connectivity index (χ4v) is 4.20. The fraction of sp³-hybridized carbons (Fsp3) is 0.647. The number of fused-ring (bicyclic) bond motifs is 3. The highest BCUT2D eigenvalue weighted by Gasteiger charge is 2.40. The molecule has 0 bridgehead atoms. The van der Waals surface area contributed by atoms with Gasteiger partial charge >= 0.3 is 0 Å². The Morgan fingerprint density at radius 2 is 2.11 bits per heavy atom. The Kier molecular flexibility index (Phi) is 2.80. The molecule has 0 unspecified atom stereocenters. The van der Waals surface area contributed by atoms with Crippen molar-refractivity contribution in [1.82, 2.24) is 4.90 Å². The first kappa shape index (κ1) is 11.8. The Morgan fingerprint density at radius 1 is 1.21 bits per heavy atom. The molecule has 1 saturated carbocycles. The van der Waals surface area contributed by atoms with Crippen LogP contribution in [0.5, 0.6) is 5.75 Å². The molecular weight excluding hydrogens is 234 g/mol. The molecule has 0 spiro atoms. The van der Waals surface area contributed by atoms with E-state index in [1.165, 1.54) is 50.8 Å². The van der Waals surface area contributed by atoms with Crippen LogP contribution in [0, 0.1) is 5.92 Å². The van der Waals surface area contributed by atoms with Gasteiger partial charge in [0.15, 0.2) is 0 Å². The van der Waals surface area contributed by atoms with Crippen LogP contribution in [0.3, 0.4) is 0 Å². The molecule has 1 heterocycles. The van der Waals surface area contributed by atoms with Crippen LogP contribution in [0.15, 0.2) is 18.2 Å². The molecule has 2 heteroatoms. The van der Waals surface area contributed by atoms with E-state index < -0.39 is 0 Å². The predicted molar refractivity (Wildman–Crippen MR) is 76.8 cm³/mol. The van der Waals surface area contributed by atoms with E-state index in [1.54, 1.807) is 12.7 Å². The van der Waals surface area contributed by atoms with Crippen LogP contribution in [0.4, 0.5) is 0 Å². The van der Waals surface area contributed by atoms with Gasteiger partial charge in [0, 0.05) is 18.5 Å². The molecule has 3 aliphatic rings. The van der Waals surface area contributed by atoms with Gasteiger partial charge in [-0.3, -0.25) is 4.90 Å². The molecule has 2 aliphatic carbocycles. The number of hydrogen-bond acceptors (Lipinski definition) is 2. The second-order valence-electron chi connectivity index (χ2n) is 6.47. The Labute approximate surface area is 115 Å². The van der Waals surface area contributed by atoms with Crippen molar-refractivity contribution in [2.24, 2.45) is 5.92 Å². The first-order chi connectivity index (χ1) is 9.36. The fourth-order valence-electron chi connectivity index (χ4n) is 4.20. The van der Waals surface area contributed by atoms with Crippen LogP contribution < -0.4 is 4.74 Å². The van der Waals surface area contributed by atoms with Crippen molar-refractivity contribution >= 4 is 0 Å². The predicted octanol–water partition coefficient (Wildman–Crippen LogP) is 3.21. The van der Waals surface area contributed by atoms with Crippen LogP contribution in [-0.4, -0.2) is 31.1 Å². The van der Waals surface area contributed by atoms with Gasteiger partial charge in [-0.05, 0) is 61.8 Å². The first-order valence-corrected chi connectivity index (χ1v) is 7.76. The number of methoxy groups -OCH3 is 1. The van der Waals surface area contributed by atoms with Crippen LogP contribution >= 0.6 is 0 Å². The molecule has 2 fully saturated rings. The van der Waals surface area contributed by atoms with Gasteiger partial charge in [0.2, 0.25) is 0 Å². The van der Waals surface area contributed by atoms with E-state index in [-0.39, 0.29) is 0 Å². The topological polar surface area (TPSA) is 12.5 Å². The number of hydrogen-bond donors (Lipinski definition) is 0. The van der Waals surface area contributed by atoms with Gasteiger partial charge < -0.3 is 4.74 Å². The summed E-state index contributed by atoms with van der Waals surface area (Å²) in [5, 5.41) is 0. The summed E-state index contributed by atoms with van der Waals surface area (Å²) in [5.41, 5.74) is 3.06. The van der Waals surface area contributed by atoms with Crippen LogP contribution in [0.2, 0.25) is 0 Å². The minimum absolute atomic E-state index is 0.762. The number of ether oxygens (including phenoxy) is 1. The standard InChI is InChI=1S/C17H23NO/c1-19-17-4-2-3-13-14-9-10-18(11-12-5-6-12)16(14)8-7-15(13)17/h2-4,12,14,16H,5-11H2,1H3/t14-,16+/m0/s1. The van der Waals surface area contributed by atoms with Gasteiger partial charge in [0.25, 0.3) is 0 Å². The molecular formula is C17H23NO. The molecule has 1 aromatic carbocycles. The molecule has 1 aromatic rings. The summed E-state index contributed by atoms with van der Waals surface area (Å²) in [6.45, 7) is 2.67. The van der Waals surface area contributed by atoms with E-state index in [0.29, 0.717) is 0 Å². The summed E-state index contributed by atoms with van der Waals surface area (Å²) in [6, 6.07) is 7.44. The summed E-state index contributed by atoms with van der Waals surface area (Å²) in [7, 11) is 1.80. The smallest absolute Gasteiger partial charge is 0.122 e. The second-order valence-corrected chi connectivity index (χ2v) is 6.47. The maximum absolute atomic E-state index is 5.55. The average Bonchev–Trinajstić information content (AvgIpc) is 3.17. The van der Waals surface area contributed by atoms with Crippen molar-refractivity contribution in [1.29, 1.82) is 0 Å². The van der Waals surface area contributed by atoms with Gasteiger partial charge in [-0.15, -0.1) is 0 Å². The summed E-state index contributed by atoms with van der Waals surface area (Å²) in [6.07, 6.45) is 6.81. The summed E-state index contributed by atoms with van der Waals surface area (Å²) in [5.74, 6) is 2.89. The minimum atomic E-state index is 0.762. The summed E-state index contributed by atoms with van der Waals surface area (Å²) < 4.78 is 5.55. The molecule has 19 heavy (non-hydrogen) atoms. The maximum Gasteiger partial charge on any atom is 0.122 e. The molecule has 0 N–H and O–H groups in total. The van der Waals surface area contributed by atoms with Gasteiger partial charge in [-0.2, -0.15) is 0 Å². The van der Waals surface area contributed by atoms with Crippen molar-refractivity contribution < 1.29 is 4.74 Å². The number of rotatable bonds is 3.